The van der Waals surface area contributed by atoms with Crippen molar-refractivity contribution in [2.24, 2.45) is 0 Å². The van der Waals surface area contributed by atoms with Gasteiger partial charge in [-0.1, -0.05) is 11.6 Å². The van der Waals surface area contributed by atoms with E-state index in [1.807, 2.05) is 6.07 Å². The van der Waals surface area contributed by atoms with Gasteiger partial charge in [-0.15, -0.1) is 0 Å². The zero-order valence-corrected chi connectivity index (χ0v) is 10.9. The Morgan fingerprint density at radius 2 is 2.28 bits per heavy atom. The van der Waals surface area contributed by atoms with Crippen molar-refractivity contribution >= 4 is 17.7 Å². The fraction of sp³-hybridized carbons (Fsp3) is 0.333. The summed E-state index contributed by atoms with van der Waals surface area (Å²) in [6, 6.07) is 6.91. The van der Waals surface area contributed by atoms with Crippen LogP contribution in [-0.2, 0) is 11.3 Å². The molecule has 1 amide bonds. The van der Waals surface area contributed by atoms with Crippen LogP contribution in [0.2, 0.25) is 5.02 Å². The highest BCUT2D eigenvalue weighted by Crippen LogP contribution is 2.23. The van der Waals surface area contributed by atoms with Gasteiger partial charge in [-0.25, -0.2) is 4.79 Å². The maximum Gasteiger partial charge on any atom is 0.410 e. The number of amides is 1. The van der Waals surface area contributed by atoms with E-state index in [9.17, 15) is 4.79 Å². The first-order valence-electron chi connectivity index (χ1n) is 5.15. The van der Waals surface area contributed by atoms with E-state index < -0.39 is 6.09 Å². The molecule has 1 aromatic carbocycles. The summed E-state index contributed by atoms with van der Waals surface area (Å²) < 4.78 is 10.2. The SMILES string of the molecule is COc1ccc(Cl)cc1COC(=O)N(C)CC#N. The number of carbonyl (C=O) groups is 1. The quantitative estimate of drug-likeness (QED) is 0.787. The third-order valence-corrected chi connectivity index (χ3v) is 2.45. The molecule has 96 valence electrons. The van der Waals surface area contributed by atoms with Crippen molar-refractivity contribution in [3.8, 4) is 11.8 Å². The van der Waals surface area contributed by atoms with Crippen molar-refractivity contribution in [3.05, 3.63) is 28.8 Å². The van der Waals surface area contributed by atoms with Crippen LogP contribution in [0.15, 0.2) is 18.2 Å². The molecule has 0 aromatic heterocycles. The summed E-state index contributed by atoms with van der Waals surface area (Å²) in [5.41, 5.74) is 0.670. The number of rotatable bonds is 4. The highest BCUT2D eigenvalue weighted by atomic mass is 35.5. The lowest BCUT2D eigenvalue weighted by Gasteiger charge is -2.14. The summed E-state index contributed by atoms with van der Waals surface area (Å²) in [5.74, 6) is 0.593. The first-order valence-corrected chi connectivity index (χ1v) is 5.53. The molecule has 0 aliphatic rings. The van der Waals surface area contributed by atoms with Gasteiger partial charge < -0.3 is 9.47 Å². The average molecular weight is 269 g/mol. The van der Waals surface area contributed by atoms with E-state index >= 15 is 0 Å². The van der Waals surface area contributed by atoms with Gasteiger partial charge in [0.1, 0.15) is 18.9 Å². The van der Waals surface area contributed by atoms with E-state index in [0.717, 1.165) is 0 Å². The van der Waals surface area contributed by atoms with Crippen molar-refractivity contribution in [3.63, 3.8) is 0 Å². The second-order valence-electron chi connectivity index (χ2n) is 3.52. The number of hydrogen-bond acceptors (Lipinski definition) is 4. The van der Waals surface area contributed by atoms with Gasteiger partial charge in [-0.3, -0.25) is 4.90 Å². The zero-order chi connectivity index (χ0) is 13.5. The van der Waals surface area contributed by atoms with Crippen LogP contribution in [-0.4, -0.2) is 31.7 Å². The van der Waals surface area contributed by atoms with Crippen LogP contribution in [0.5, 0.6) is 5.75 Å². The molecule has 6 heteroatoms. The molecular weight excluding hydrogens is 256 g/mol. The summed E-state index contributed by atoms with van der Waals surface area (Å²) >= 11 is 5.85. The molecule has 0 atom stereocenters. The molecule has 0 heterocycles. The van der Waals surface area contributed by atoms with Gasteiger partial charge in [0.2, 0.25) is 0 Å². The molecule has 0 aliphatic carbocycles. The van der Waals surface area contributed by atoms with Gasteiger partial charge in [0, 0.05) is 17.6 Å². The van der Waals surface area contributed by atoms with Gasteiger partial charge in [0.15, 0.2) is 0 Å². The Morgan fingerprint density at radius 3 is 2.89 bits per heavy atom. The summed E-state index contributed by atoms with van der Waals surface area (Å²) in [6.07, 6.45) is -0.571. The molecule has 0 aliphatic heterocycles. The van der Waals surface area contributed by atoms with Crippen LogP contribution in [0.3, 0.4) is 0 Å². The molecule has 0 fully saturated rings. The lowest BCUT2D eigenvalue weighted by Crippen LogP contribution is -2.27. The fourth-order valence-electron chi connectivity index (χ4n) is 1.28. The van der Waals surface area contributed by atoms with E-state index in [0.29, 0.717) is 16.3 Å². The summed E-state index contributed by atoms with van der Waals surface area (Å²) in [6.45, 7) is 0.0177. The number of methoxy groups -OCH3 is 1. The van der Waals surface area contributed by atoms with Gasteiger partial charge in [0.25, 0.3) is 0 Å². The van der Waals surface area contributed by atoms with Crippen LogP contribution in [0.4, 0.5) is 4.79 Å². The van der Waals surface area contributed by atoms with E-state index in [2.05, 4.69) is 0 Å². The Labute approximate surface area is 110 Å². The smallest absolute Gasteiger partial charge is 0.410 e. The summed E-state index contributed by atoms with van der Waals surface area (Å²) in [7, 11) is 3.01. The van der Waals surface area contributed by atoms with E-state index in [1.54, 1.807) is 18.2 Å². The Morgan fingerprint density at radius 1 is 1.56 bits per heavy atom. The molecule has 0 unspecified atom stereocenters. The molecule has 5 nitrogen and oxygen atoms in total. The number of benzene rings is 1. The molecule has 1 rings (SSSR count). The number of ether oxygens (including phenoxy) is 2. The van der Waals surface area contributed by atoms with Gasteiger partial charge in [-0.2, -0.15) is 5.26 Å². The molecule has 1 aromatic rings. The summed E-state index contributed by atoms with van der Waals surface area (Å²) in [4.78, 5) is 12.6. The first-order chi connectivity index (χ1) is 8.58. The van der Waals surface area contributed by atoms with Gasteiger partial charge in [0.05, 0.1) is 13.2 Å². The standard InChI is InChI=1S/C12H13ClN2O3/c1-15(6-5-14)12(16)18-8-9-7-10(13)3-4-11(9)17-2/h3-4,7H,6,8H2,1-2H3. The number of halogens is 1. The van der Waals surface area contributed by atoms with Crippen LogP contribution >= 0.6 is 11.6 Å². The third-order valence-electron chi connectivity index (χ3n) is 2.21. The van der Waals surface area contributed by atoms with E-state index in [-0.39, 0.29) is 13.2 Å². The molecule has 0 saturated carbocycles. The molecule has 0 radical (unpaired) electrons. The molecule has 0 spiro atoms. The monoisotopic (exact) mass is 268 g/mol. The van der Waals surface area contributed by atoms with Crippen molar-refractivity contribution in [2.45, 2.75) is 6.61 Å². The van der Waals surface area contributed by atoms with Crippen molar-refractivity contribution in [1.82, 2.24) is 4.90 Å². The average Bonchev–Trinajstić information content (AvgIpc) is 2.36. The van der Waals surface area contributed by atoms with Crippen molar-refractivity contribution in [2.75, 3.05) is 20.7 Å². The topological polar surface area (TPSA) is 62.6 Å². The predicted octanol–water partition coefficient (Wildman–Crippen LogP) is 2.44. The maximum atomic E-state index is 11.5. The first kappa shape index (κ1) is 14.1. The summed E-state index contributed by atoms with van der Waals surface area (Å²) in [5, 5.41) is 8.99. The van der Waals surface area contributed by atoms with Crippen LogP contribution < -0.4 is 4.74 Å². The van der Waals surface area contributed by atoms with E-state index in [4.69, 9.17) is 26.3 Å². The Balaban J connectivity index is 2.66. The highest BCUT2D eigenvalue weighted by molar-refractivity contribution is 6.30. The largest absolute Gasteiger partial charge is 0.496 e. The number of nitriles is 1. The molecule has 0 N–H and O–H groups in total. The minimum absolute atomic E-state index is 0.0223. The van der Waals surface area contributed by atoms with Crippen LogP contribution in [0.1, 0.15) is 5.56 Å². The predicted molar refractivity (Wildman–Crippen MR) is 66.4 cm³/mol. The normalized spacial score (nSPS) is 9.44. The Bertz CT molecular complexity index is 471. The van der Waals surface area contributed by atoms with Crippen molar-refractivity contribution in [1.29, 1.82) is 5.26 Å². The third kappa shape index (κ3) is 3.82. The van der Waals surface area contributed by atoms with Crippen LogP contribution in [0, 0.1) is 11.3 Å². The van der Waals surface area contributed by atoms with E-state index in [1.165, 1.54) is 19.1 Å². The highest BCUT2D eigenvalue weighted by Gasteiger charge is 2.11. The van der Waals surface area contributed by atoms with Crippen molar-refractivity contribution < 1.29 is 14.3 Å². The van der Waals surface area contributed by atoms with Crippen LogP contribution in [0.25, 0.3) is 0 Å². The fourth-order valence-corrected chi connectivity index (χ4v) is 1.47. The minimum atomic E-state index is -0.571. The van der Waals surface area contributed by atoms with Gasteiger partial charge in [-0.05, 0) is 18.2 Å². The van der Waals surface area contributed by atoms with Gasteiger partial charge >= 0.3 is 6.09 Å². The number of carbonyl (C=O) groups excluding carboxylic acids is 1. The Hall–Kier alpha value is -1.93. The minimum Gasteiger partial charge on any atom is -0.496 e. The number of nitrogens with zero attached hydrogens (tertiary/aromatic N) is 2. The molecular formula is C12H13ClN2O3. The molecule has 0 saturated heterocycles. The molecule has 18 heavy (non-hydrogen) atoms. The maximum absolute atomic E-state index is 11.5. The lowest BCUT2D eigenvalue weighted by molar-refractivity contribution is 0.108. The number of hydrogen-bond donors (Lipinski definition) is 0. The second-order valence-corrected chi connectivity index (χ2v) is 3.96. The zero-order valence-electron chi connectivity index (χ0n) is 10.1. The molecule has 0 bridgehead atoms. The lowest BCUT2D eigenvalue weighted by atomic mass is 10.2. The second kappa shape index (κ2) is 6.72. The Kier molecular flexibility index (Phi) is 5.28.